The van der Waals surface area contributed by atoms with Crippen LogP contribution < -0.4 is 0 Å². The van der Waals surface area contributed by atoms with Gasteiger partial charge in [0.05, 0.1) is 0 Å². The van der Waals surface area contributed by atoms with E-state index in [1.54, 1.807) is 12.3 Å². The summed E-state index contributed by atoms with van der Waals surface area (Å²) in [5.41, 5.74) is 0.690. The van der Waals surface area contributed by atoms with Crippen molar-refractivity contribution >= 4 is 33.2 Å². The maximum absolute atomic E-state index is 6.11. The lowest BCUT2D eigenvalue weighted by Gasteiger charge is -2.01. The molecule has 0 fully saturated rings. The van der Waals surface area contributed by atoms with Crippen LogP contribution in [0.15, 0.2) is 23.7 Å². The van der Waals surface area contributed by atoms with E-state index in [1.807, 2.05) is 18.4 Å². The minimum atomic E-state index is 0.461. The van der Waals surface area contributed by atoms with Gasteiger partial charge in [-0.2, -0.15) is 0 Å². The first-order valence-electron chi connectivity index (χ1n) is 4.95. The van der Waals surface area contributed by atoms with E-state index in [0.29, 0.717) is 22.5 Å². The van der Waals surface area contributed by atoms with Crippen LogP contribution in [0.4, 0.5) is 0 Å². The van der Waals surface area contributed by atoms with E-state index in [4.69, 9.17) is 11.6 Å². The lowest BCUT2D eigenvalue weighted by atomic mass is 10.3. The minimum Gasteiger partial charge on any atom is -0.242 e. The highest BCUT2D eigenvalue weighted by Crippen LogP contribution is 2.27. The summed E-state index contributed by atoms with van der Waals surface area (Å²) in [7, 11) is 0. The summed E-state index contributed by atoms with van der Waals surface area (Å²) in [6.07, 6.45) is 1.69. The second-order valence-corrected chi connectivity index (χ2v) is 4.72. The molecular weight excluding hydrogens is 256 g/mol. The first kappa shape index (κ1) is 10.6. The van der Waals surface area contributed by atoms with Crippen LogP contribution in [-0.4, -0.2) is 19.9 Å². The van der Waals surface area contributed by atoms with Crippen LogP contribution in [0.25, 0.3) is 21.7 Å². The smallest absolute Gasteiger partial charge is 0.181 e. The average Bonchev–Trinajstić information content (AvgIpc) is 2.77. The number of aromatic nitrogens is 4. The molecule has 4 nitrogen and oxygen atoms in total. The van der Waals surface area contributed by atoms with Crippen molar-refractivity contribution in [2.24, 2.45) is 0 Å². The molecule has 0 saturated carbocycles. The molecular formula is C11H7ClN4S. The maximum Gasteiger partial charge on any atom is 0.181 e. The lowest BCUT2D eigenvalue weighted by Crippen LogP contribution is -1.95. The van der Waals surface area contributed by atoms with Crippen molar-refractivity contribution in [2.45, 2.75) is 6.92 Å². The molecule has 0 radical (unpaired) electrons. The van der Waals surface area contributed by atoms with Crippen molar-refractivity contribution in [1.29, 1.82) is 0 Å². The highest BCUT2D eigenvalue weighted by Gasteiger charge is 2.09. The highest BCUT2D eigenvalue weighted by atomic mass is 35.5. The summed E-state index contributed by atoms with van der Waals surface area (Å²) in [5.74, 6) is 1.23. The molecule has 3 aromatic rings. The van der Waals surface area contributed by atoms with E-state index in [2.05, 4.69) is 19.9 Å². The first-order chi connectivity index (χ1) is 8.24. The maximum atomic E-state index is 6.11. The average molecular weight is 263 g/mol. The number of rotatable bonds is 1. The Bertz CT molecular complexity index is 695. The van der Waals surface area contributed by atoms with E-state index in [-0.39, 0.29) is 0 Å². The second kappa shape index (κ2) is 4.01. The predicted molar refractivity (Wildman–Crippen MR) is 68.2 cm³/mol. The minimum absolute atomic E-state index is 0.461. The molecule has 0 saturated heterocycles. The monoisotopic (exact) mass is 262 g/mol. The van der Waals surface area contributed by atoms with E-state index in [0.717, 1.165) is 10.2 Å². The Morgan fingerprint density at radius 3 is 2.88 bits per heavy atom. The van der Waals surface area contributed by atoms with Gasteiger partial charge in [0.2, 0.25) is 0 Å². The molecule has 0 unspecified atom stereocenters. The number of halogens is 1. The molecule has 0 spiro atoms. The molecule has 84 valence electrons. The van der Waals surface area contributed by atoms with Crippen molar-refractivity contribution in [3.8, 4) is 11.5 Å². The number of fused-ring (bicyclic) bond motifs is 1. The van der Waals surface area contributed by atoms with E-state index in [9.17, 15) is 0 Å². The summed E-state index contributed by atoms with van der Waals surface area (Å²) < 4.78 is 0. The number of nitrogens with zero attached hydrogens (tertiary/aromatic N) is 4. The van der Waals surface area contributed by atoms with Gasteiger partial charge in [0, 0.05) is 11.6 Å². The van der Waals surface area contributed by atoms with Crippen molar-refractivity contribution in [3.05, 3.63) is 34.7 Å². The quantitative estimate of drug-likeness (QED) is 0.633. The van der Waals surface area contributed by atoms with Crippen LogP contribution in [0.5, 0.6) is 0 Å². The van der Waals surface area contributed by atoms with Gasteiger partial charge in [-0.15, -0.1) is 11.3 Å². The normalized spacial score (nSPS) is 10.9. The summed E-state index contributed by atoms with van der Waals surface area (Å²) in [6.45, 7) is 1.83. The molecule has 3 heterocycles. The van der Waals surface area contributed by atoms with Crippen LogP contribution in [0.1, 0.15) is 5.82 Å². The van der Waals surface area contributed by atoms with E-state index in [1.165, 1.54) is 11.3 Å². The zero-order valence-corrected chi connectivity index (χ0v) is 10.5. The summed E-state index contributed by atoms with van der Waals surface area (Å²) >= 11 is 7.64. The van der Waals surface area contributed by atoms with Crippen molar-refractivity contribution in [2.75, 3.05) is 0 Å². The molecule has 0 amide bonds. The number of hydrogen-bond donors (Lipinski definition) is 0. The molecule has 3 rings (SSSR count). The Balaban J connectivity index is 2.23. The molecule has 3 aromatic heterocycles. The first-order valence-corrected chi connectivity index (χ1v) is 6.20. The van der Waals surface area contributed by atoms with Gasteiger partial charge < -0.3 is 0 Å². The molecule has 0 N–H and O–H groups in total. The Morgan fingerprint density at radius 2 is 2.06 bits per heavy atom. The van der Waals surface area contributed by atoms with Gasteiger partial charge in [-0.3, -0.25) is 0 Å². The van der Waals surface area contributed by atoms with Crippen molar-refractivity contribution < 1.29 is 0 Å². The van der Waals surface area contributed by atoms with Gasteiger partial charge >= 0.3 is 0 Å². The van der Waals surface area contributed by atoms with E-state index < -0.39 is 0 Å². The topological polar surface area (TPSA) is 51.6 Å². The van der Waals surface area contributed by atoms with Gasteiger partial charge in [-0.25, -0.2) is 19.9 Å². The van der Waals surface area contributed by atoms with E-state index >= 15 is 0 Å². The third-order valence-corrected chi connectivity index (χ3v) is 3.38. The molecule has 6 heteroatoms. The number of hydrogen-bond acceptors (Lipinski definition) is 5. The fourth-order valence-corrected chi connectivity index (χ4v) is 2.57. The molecule has 0 atom stereocenters. The lowest BCUT2D eigenvalue weighted by molar-refractivity contribution is 1.04. The molecule has 0 aliphatic heterocycles. The zero-order valence-electron chi connectivity index (χ0n) is 8.88. The fourth-order valence-electron chi connectivity index (χ4n) is 1.51. The van der Waals surface area contributed by atoms with Gasteiger partial charge in [-0.05, 0) is 24.4 Å². The summed E-state index contributed by atoms with van der Waals surface area (Å²) in [5, 5.41) is 3.29. The van der Waals surface area contributed by atoms with Gasteiger partial charge in [-0.1, -0.05) is 11.6 Å². The Kier molecular flexibility index (Phi) is 2.49. The molecule has 17 heavy (non-hydrogen) atoms. The fraction of sp³-hybridized carbons (Fsp3) is 0.0909. The Labute approximate surface area is 106 Å². The second-order valence-electron chi connectivity index (χ2n) is 3.47. The van der Waals surface area contributed by atoms with Crippen LogP contribution in [0.2, 0.25) is 5.15 Å². The number of thiophene rings is 1. The Morgan fingerprint density at radius 1 is 1.18 bits per heavy atom. The highest BCUT2D eigenvalue weighted by molar-refractivity contribution is 7.16. The van der Waals surface area contributed by atoms with Crippen LogP contribution in [-0.2, 0) is 0 Å². The Hall–Kier alpha value is -1.59. The molecule has 0 aromatic carbocycles. The van der Waals surface area contributed by atoms with Gasteiger partial charge in [0.1, 0.15) is 21.5 Å². The van der Waals surface area contributed by atoms with Crippen LogP contribution in [0.3, 0.4) is 0 Å². The largest absolute Gasteiger partial charge is 0.242 e. The van der Waals surface area contributed by atoms with Crippen molar-refractivity contribution in [1.82, 2.24) is 19.9 Å². The standard InChI is InChI=1S/C11H7ClN4S/c1-6-13-4-2-8(14-6)10-15-9(12)7-3-5-17-11(7)16-10/h2-5H,1H3. The zero-order chi connectivity index (χ0) is 11.8. The van der Waals surface area contributed by atoms with Gasteiger partial charge in [0.25, 0.3) is 0 Å². The molecule has 0 bridgehead atoms. The predicted octanol–water partition coefficient (Wildman–Crippen LogP) is 3.11. The van der Waals surface area contributed by atoms with Crippen LogP contribution in [0, 0.1) is 6.92 Å². The molecule has 0 aliphatic rings. The SMILES string of the molecule is Cc1nccc(-c2nc(Cl)c3ccsc3n2)n1. The number of aryl methyl sites for hydroxylation is 1. The van der Waals surface area contributed by atoms with Gasteiger partial charge in [0.15, 0.2) is 5.82 Å². The third-order valence-electron chi connectivity index (χ3n) is 2.28. The van der Waals surface area contributed by atoms with Crippen LogP contribution >= 0.6 is 22.9 Å². The third kappa shape index (κ3) is 1.87. The summed E-state index contributed by atoms with van der Waals surface area (Å²) in [4.78, 5) is 17.9. The van der Waals surface area contributed by atoms with Crippen molar-refractivity contribution in [3.63, 3.8) is 0 Å². The molecule has 0 aliphatic carbocycles. The summed E-state index contributed by atoms with van der Waals surface area (Å²) in [6, 6.07) is 3.69.